The Morgan fingerprint density at radius 2 is 0.867 bits per heavy atom. The van der Waals surface area contributed by atoms with Gasteiger partial charge in [-0.15, -0.1) is 0 Å². The molecule has 0 bridgehead atoms. The van der Waals surface area contributed by atoms with Crippen LogP contribution in [0.25, 0.3) is 0 Å². The molecule has 0 atom stereocenters. The largest absolute Gasteiger partial charge is 0.480 e. The van der Waals surface area contributed by atoms with Crippen LogP contribution in [0.2, 0.25) is 0 Å². The van der Waals surface area contributed by atoms with Gasteiger partial charge in [-0.1, -0.05) is 13.3 Å². The Morgan fingerprint density at radius 3 is 1.22 bits per heavy atom. The second kappa shape index (κ2) is 23.9. The molecule has 6 N–H and O–H groups in total. The third-order valence-corrected chi connectivity index (χ3v) is 6.94. The molecule has 1 aliphatic rings. The second-order valence-electron chi connectivity index (χ2n) is 10.8. The topological polar surface area (TPSA) is 221 Å². The number of carboxylic acids is 3. The summed E-state index contributed by atoms with van der Waals surface area (Å²) < 4.78 is 5.46. The third-order valence-electron chi connectivity index (χ3n) is 6.94. The van der Waals surface area contributed by atoms with Gasteiger partial charge in [-0.25, -0.2) is 0 Å². The molecule has 258 valence electrons. The zero-order valence-electron chi connectivity index (χ0n) is 26.3. The SMILES string of the molecule is CCCCNC(=O)CCC(=O)NCCOCCNC(=O)CN1CCN(CC(=O)O)CCN(CC(=O)O)CCN(CC(=O)O)CC1. The maximum Gasteiger partial charge on any atom is 0.317 e. The van der Waals surface area contributed by atoms with Crippen LogP contribution in [0.4, 0.5) is 0 Å². The van der Waals surface area contributed by atoms with E-state index >= 15 is 0 Å². The quantitative estimate of drug-likeness (QED) is 0.0749. The standard InChI is InChI=1S/C28H51N7O10/c1-2-3-6-29-23(36)4-5-24(37)30-7-17-45-18-8-31-25(38)19-32-9-11-33(20-26(39)40)13-15-35(22-28(43)44)16-14-34(12-10-32)21-27(41)42/h2-22H2,1H3,(H,29,36)(H,30,37)(H,31,38)(H,39,40)(H,41,42)(H,43,44). The number of nitrogens with one attached hydrogen (secondary N) is 3. The summed E-state index contributed by atoms with van der Waals surface area (Å²) in [6.07, 6.45) is 2.09. The average molecular weight is 646 g/mol. The van der Waals surface area contributed by atoms with E-state index in [1.807, 2.05) is 11.8 Å². The molecule has 3 amide bonds. The Kier molecular flexibility index (Phi) is 21.1. The molecule has 0 spiro atoms. The molecule has 1 rings (SSSR count). The van der Waals surface area contributed by atoms with E-state index in [2.05, 4.69) is 16.0 Å². The molecule has 0 saturated carbocycles. The molecule has 1 saturated heterocycles. The molecular weight excluding hydrogens is 594 g/mol. The fourth-order valence-electron chi connectivity index (χ4n) is 4.48. The molecule has 0 radical (unpaired) electrons. The molecule has 1 fully saturated rings. The van der Waals surface area contributed by atoms with Crippen molar-refractivity contribution in [1.29, 1.82) is 0 Å². The summed E-state index contributed by atoms with van der Waals surface area (Å²) in [5, 5.41) is 36.1. The van der Waals surface area contributed by atoms with Gasteiger partial charge in [0.1, 0.15) is 0 Å². The van der Waals surface area contributed by atoms with Crippen LogP contribution in [-0.4, -0.2) is 182 Å². The minimum atomic E-state index is -1.03. The molecule has 0 aromatic rings. The van der Waals surface area contributed by atoms with E-state index in [0.29, 0.717) is 58.9 Å². The molecule has 0 aliphatic carbocycles. The summed E-state index contributed by atoms with van der Waals surface area (Å²) in [6, 6.07) is 0. The van der Waals surface area contributed by atoms with Crippen LogP contribution in [0.1, 0.15) is 32.6 Å². The van der Waals surface area contributed by atoms with Gasteiger partial charge in [0.15, 0.2) is 0 Å². The normalized spacial score (nSPS) is 16.2. The van der Waals surface area contributed by atoms with Crippen LogP contribution in [0.5, 0.6) is 0 Å². The van der Waals surface area contributed by atoms with E-state index in [-0.39, 0.29) is 83.0 Å². The Labute approximate surface area is 264 Å². The second-order valence-corrected chi connectivity index (χ2v) is 10.8. The lowest BCUT2D eigenvalue weighted by atomic mass is 10.2. The zero-order chi connectivity index (χ0) is 33.5. The maximum absolute atomic E-state index is 12.7. The fraction of sp³-hybridized carbons (Fsp3) is 0.786. The van der Waals surface area contributed by atoms with Crippen molar-refractivity contribution < 1.29 is 48.8 Å². The van der Waals surface area contributed by atoms with Gasteiger partial charge in [0.05, 0.1) is 39.4 Å². The van der Waals surface area contributed by atoms with Crippen LogP contribution in [0.15, 0.2) is 0 Å². The predicted molar refractivity (Wildman–Crippen MR) is 163 cm³/mol. The summed E-state index contributed by atoms with van der Waals surface area (Å²) >= 11 is 0. The number of unbranched alkanes of at least 4 members (excludes halogenated alkanes) is 1. The van der Waals surface area contributed by atoms with Gasteiger partial charge in [0.2, 0.25) is 17.7 Å². The summed E-state index contributed by atoms with van der Waals surface area (Å²) in [5.41, 5.74) is 0. The number of ether oxygens (including phenoxy) is 1. The lowest BCUT2D eigenvalue weighted by Gasteiger charge is -2.32. The molecule has 0 aromatic heterocycles. The van der Waals surface area contributed by atoms with Crippen LogP contribution >= 0.6 is 0 Å². The molecule has 17 heteroatoms. The average Bonchev–Trinajstić information content (AvgIpc) is 2.96. The number of nitrogens with zero attached hydrogens (tertiary/aromatic N) is 4. The van der Waals surface area contributed by atoms with Gasteiger partial charge in [-0.05, 0) is 6.42 Å². The molecule has 0 unspecified atom stereocenters. The summed E-state index contributed by atoms with van der Waals surface area (Å²) in [6.45, 7) is 5.37. The van der Waals surface area contributed by atoms with Crippen molar-refractivity contribution in [1.82, 2.24) is 35.6 Å². The number of hydrogen-bond donors (Lipinski definition) is 6. The number of carbonyl (C=O) groups is 6. The number of carbonyl (C=O) groups excluding carboxylic acids is 3. The van der Waals surface area contributed by atoms with E-state index < -0.39 is 17.9 Å². The van der Waals surface area contributed by atoms with Crippen molar-refractivity contribution in [2.24, 2.45) is 0 Å². The Hall–Kier alpha value is -3.38. The molecule has 45 heavy (non-hydrogen) atoms. The number of rotatable bonds is 20. The van der Waals surface area contributed by atoms with Crippen molar-refractivity contribution in [3.8, 4) is 0 Å². The Balaban J connectivity index is 2.50. The summed E-state index contributed by atoms with van der Waals surface area (Å²) in [4.78, 5) is 77.2. The summed E-state index contributed by atoms with van der Waals surface area (Å²) in [5.74, 6) is -3.75. The van der Waals surface area contributed by atoms with Gasteiger partial charge in [0.25, 0.3) is 0 Å². The highest BCUT2D eigenvalue weighted by molar-refractivity contribution is 5.83. The summed E-state index contributed by atoms with van der Waals surface area (Å²) in [7, 11) is 0. The van der Waals surface area contributed by atoms with Gasteiger partial charge in [-0.2, -0.15) is 0 Å². The van der Waals surface area contributed by atoms with E-state index in [9.17, 15) is 44.1 Å². The highest BCUT2D eigenvalue weighted by Gasteiger charge is 2.21. The van der Waals surface area contributed by atoms with E-state index in [4.69, 9.17) is 4.74 Å². The van der Waals surface area contributed by atoms with Crippen molar-refractivity contribution in [3.05, 3.63) is 0 Å². The smallest absolute Gasteiger partial charge is 0.317 e. The minimum absolute atomic E-state index is 0.00897. The number of aliphatic carboxylic acids is 3. The number of carboxylic acid groups (broad SMARTS) is 3. The Bertz CT molecular complexity index is 907. The van der Waals surface area contributed by atoms with Gasteiger partial charge in [0, 0.05) is 84.8 Å². The predicted octanol–water partition coefficient (Wildman–Crippen LogP) is -2.59. The lowest BCUT2D eigenvalue weighted by Crippen LogP contribution is -2.50. The van der Waals surface area contributed by atoms with E-state index in [1.165, 1.54) is 0 Å². The first-order valence-corrected chi connectivity index (χ1v) is 15.4. The van der Waals surface area contributed by atoms with Crippen molar-refractivity contribution in [2.45, 2.75) is 32.6 Å². The molecule has 1 aliphatic heterocycles. The maximum atomic E-state index is 12.7. The molecular formula is C28H51N7O10. The van der Waals surface area contributed by atoms with Crippen molar-refractivity contribution in [2.75, 3.05) is 111 Å². The van der Waals surface area contributed by atoms with Crippen LogP contribution < -0.4 is 16.0 Å². The zero-order valence-corrected chi connectivity index (χ0v) is 26.3. The van der Waals surface area contributed by atoms with Crippen molar-refractivity contribution in [3.63, 3.8) is 0 Å². The van der Waals surface area contributed by atoms with Crippen LogP contribution in [0.3, 0.4) is 0 Å². The number of hydrogen-bond acceptors (Lipinski definition) is 11. The van der Waals surface area contributed by atoms with Gasteiger partial charge < -0.3 is 36.0 Å². The first kappa shape index (κ1) is 39.6. The van der Waals surface area contributed by atoms with Crippen LogP contribution in [0, 0.1) is 0 Å². The molecule has 0 aromatic carbocycles. The minimum Gasteiger partial charge on any atom is -0.480 e. The molecule has 17 nitrogen and oxygen atoms in total. The first-order chi connectivity index (χ1) is 21.5. The first-order valence-electron chi connectivity index (χ1n) is 15.4. The van der Waals surface area contributed by atoms with Crippen LogP contribution in [-0.2, 0) is 33.5 Å². The molecule has 1 heterocycles. The number of amides is 3. The van der Waals surface area contributed by atoms with Crippen molar-refractivity contribution >= 4 is 35.6 Å². The lowest BCUT2D eigenvalue weighted by molar-refractivity contribution is -0.140. The van der Waals surface area contributed by atoms with Gasteiger partial charge >= 0.3 is 17.9 Å². The highest BCUT2D eigenvalue weighted by Crippen LogP contribution is 2.01. The van der Waals surface area contributed by atoms with Gasteiger partial charge in [-0.3, -0.25) is 48.4 Å². The highest BCUT2D eigenvalue weighted by atomic mass is 16.5. The Morgan fingerprint density at radius 1 is 0.533 bits per heavy atom. The fourth-order valence-corrected chi connectivity index (χ4v) is 4.48. The van der Waals surface area contributed by atoms with E-state index in [0.717, 1.165) is 12.8 Å². The van der Waals surface area contributed by atoms with E-state index in [1.54, 1.807) is 14.7 Å². The monoisotopic (exact) mass is 645 g/mol. The third kappa shape index (κ3) is 21.9.